The van der Waals surface area contributed by atoms with Crippen molar-refractivity contribution in [2.75, 3.05) is 7.11 Å². The van der Waals surface area contributed by atoms with Crippen LogP contribution in [0.2, 0.25) is 0 Å². The molecule has 0 bridgehead atoms. The van der Waals surface area contributed by atoms with Crippen LogP contribution in [0, 0.1) is 13.8 Å². The van der Waals surface area contributed by atoms with Gasteiger partial charge in [0.15, 0.2) is 5.89 Å². The fourth-order valence-corrected chi connectivity index (χ4v) is 1.62. The highest BCUT2D eigenvalue weighted by atomic mass is 16.5. The van der Waals surface area contributed by atoms with Crippen LogP contribution in [-0.2, 0) is 10.3 Å². The third kappa shape index (κ3) is 1.90. The van der Waals surface area contributed by atoms with E-state index in [4.69, 9.17) is 14.9 Å². The monoisotopic (exact) mass is 210 g/mol. The molecule has 0 aliphatic carbocycles. The number of hydrogen-bond acceptors (Lipinski definition) is 4. The van der Waals surface area contributed by atoms with E-state index in [1.807, 2.05) is 13.8 Å². The van der Waals surface area contributed by atoms with Crippen LogP contribution in [0.5, 0.6) is 0 Å². The van der Waals surface area contributed by atoms with E-state index in [1.165, 1.54) is 0 Å². The number of rotatable bonds is 4. The lowest BCUT2D eigenvalue weighted by Gasteiger charge is -2.27. The van der Waals surface area contributed by atoms with Crippen LogP contribution in [0.15, 0.2) is 16.8 Å². The van der Waals surface area contributed by atoms with Gasteiger partial charge in [0.1, 0.15) is 22.8 Å². The predicted molar refractivity (Wildman–Crippen MR) is 58.3 cm³/mol. The predicted octanol–water partition coefficient (Wildman–Crippen LogP) is 2.02. The van der Waals surface area contributed by atoms with Gasteiger partial charge in [-0.05, 0) is 13.3 Å². The maximum Gasteiger partial charge on any atom is 0.191 e. The molecule has 0 saturated heterocycles. The summed E-state index contributed by atoms with van der Waals surface area (Å²) in [4.78, 5) is 4.29. The van der Waals surface area contributed by atoms with Crippen LogP contribution in [0.25, 0.3) is 0 Å². The number of ether oxygens (including phenoxy) is 1. The van der Waals surface area contributed by atoms with Crippen molar-refractivity contribution in [1.82, 2.24) is 4.98 Å². The van der Waals surface area contributed by atoms with E-state index in [-0.39, 0.29) is 0 Å². The zero-order valence-corrected chi connectivity index (χ0v) is 9.76. The summed E-state index contributed by atoms with van der Waals surface area (Å²) in [6, 6.07) is 0. The first-order valence-corrected chi connectivity index (χ1v) is 4.92. The largest absolute Gasteiger partial charge is 0.499 e. The van der Waals surface area contributed by atoms with Crippen molar-refractivity contribution in [3.05, 3.63) is 29.7 Å². The fourth-order valence-electron chi connectivity index (χ4n) is 1.62. The first-order chi connectivity index (χ1) is 6.95. The van der Waals surface area contributed by atoms with Gasteiger partial charge in [0.25, 0.3) is 0 Å². The van der Waals surface area contributed by atoms with Gasteiger partial charge in [-0.15, -0.1) is 0 Å². The van der Waals surface area contributed by atoms with Crippen molar-refractivity contribution in [3.63, 3.8) is 0 Å². The van der Waals surface area contributed by atoms with Gasteiger partial charge in [-0.3, -0.25) is 0 Å². The molecule has 0 aliphatic rings. The minimum atomic E-state index is -0.767. The number of nitrogens with two attached hydrogens (primary N) is 1. The second kappa shape index (κ2) is 4.06. The molecule has 0 fully saturated rings. The first-order valence-electron chi connectivity index (χ1n) is 4.92. The second-order valence-electron chi connectivity index (χ2n) is 3.59. The number of methoxy groups -OCH3 is 1. The summed E-state index contributed by atoms with van der Waals surface area (Å²) < 4.78 is 10.5. The van der Waals surface area contributed by atoms with Crippen LogP contribution in [0.1, 0.15) is 30.7 Å². The Morgan fingerprint density at radius 2 is 2.20 bits per heavy atom. The van der Waals surface area contributed by atoms with Gasteiger partial charge in [0, 0.05) is 6.92 Å². The minimum absolute atomic E-state index is 0.501. The summed E-state index contributed by atoms with van der Waals surface area (Å²) in [5.41, 5.74) is 6.18. The maximum atomic E-state index is 6.24. The fraction of sp³-hybridized carbons (Fsp3) is 0.545. The lowest BCUT2D eigenvalue weighted by atomic mass is 9.90. The Hall–Kier alpha value is -1.29. The molecule has 84 valence electrons. The lowest BCUT2D eigenvalue weighted by molar-refractivity contribution is 0.215. The van der Waals surface area contributed by atoms with Crippen molar-refractivity contribution >= 4 is 0 Å². The third-order valence-electron chi connectivity index (χ3n) is 2.63. The zero-order chi connectivity index (χ0) is 11.6. The van der Waals surface area contributed by atoms with E-state index in [2.05, 4.69) is 11.6 Å². The average molecular weight is 210 g/mol. The van der Waals surface area contributed by atoms with Crippen LogP contribution >= 0.6 is 0 Å². The highest BCUT2D eigenvalue weighted by Crippen LogP contribution is 2.31. The molecule has 0 aromatic carbocycles. The molecule has 1 aromatic heterocycles. The number of nitrogens with zero attached hydrogens (tertiary/aromatic N) is 1. The molecule has 1 aromatic rings. The zero-order valence-electron chi connectivity index (χ0n) is 9.76. The Morgan fingerprint density at radius 1 is 1.60 bits per heavy atom. The van der Waals surface area contributed by atoms with E-state index < -0.39 is 5.54 Å². The summed E-state index contributed by atoms with van der Waals surface area (Å²) in [6.45, 7) is 9.42. The molecule has 0 spiro atoms. The lowest BCUT2D eigenvalue weighted by Crippen LogP contribution is -2.39. The summed E-state index contributed by atoms with van der Waals surface area (Å²) in [7, 11) is 1.56. The molecule has 0 saturated carbocycles. The van der Waals surface area contributed by atoms with Crippen molar-refractivity contribution in [2.24, 2.45) is 5.73 Å². The number of oxazole rings is 1. The van der Waals surface area contributed by atoms with Crippen molar-refractivity contribution in [1.29, 1.82) is 0 Å². The van der Waals surface area contributed by atoms with E-state index in [9.17, 15) is 0 Å². The third-order valence-corrected chi connectivity index (χ3v) is 2.63. The molecule has 2 N–H and O–H groups in total. The quantitative estimate of drug-likeness (QED) is 0.772. The second-order valence-corrected chi connectivity index (χ2v) is 3.59. The minimum Gasteiger partial charge on any atom is -0.499 e. The van der Waals surface area contributed by atoms with Gasteiger partial charge in [0.05, 0.1) is 7.11 Å². The normalized spacial score (nSPS) is 14.7. The van der Waals surface area contributed by atoms with E-state index in [0.717, 1.165) is 5.76 Å². The molecular formula is C11H18N2O2. The van der Waals surface area contributed by atoms with Crippen molar-refractivity contribution in [2.45, 2.75) is 32.7 Å². The molecule has 4 nitrogen and oxygen atoms in total. The van der Waals surface area contributed by atoms with Gasteiger partial charge < -0.3 is 14.9 Å². The number of hydrogen-bond donors (Lipinski definition) is 1. The van der Waals surface area contributed by atoms with E-state index >= 15 is 0 Å². The Kier molecular flexibility index (Phi) is 3.19. The standard InChI is InChI=1S/C11H18N2O2/c1-6-11(12,8(3)14-5)10-7(2)15-9(4)13-10/h3,6,12H2,1-2,4-5H3. The number of aryl methyl sites for hydroxylation is 2. The van der Waals surface area contributed by atoms with Crippen molar-refractivity contribution < 1.29 is 9.15 Å². The SMILES string of the molecule is C=C(OC)C(N)(CC)c1nc(C)oc1C. The van der Waals surface area contributed by atoms with Gasteiger partial charge >= 0.3 is 0 Å². The van der Waals surface area contributed by atoms with Crippen molar-refractivity contribution in [3.8, 4) is 0 Å². The van der Waals surface area contributed by atoms with Crippen LogP contribution in [0.3, 0.4) is 0 Å². The molecule has 0 radical (unpaired) electrons. The van der Waals surface area contributed by atoms with Gasteiger partial charge in [-0.2, -0.15) is 0 Å². The molecule has 1 heterocycles. The van der Waals surface area contributed by atoms with Gasteiger partial charge in [-0.25, -0.2) is 4.98 Å². The molecule has 15 heavy (non-hydrogen) atoms. The Morgan fingerprint density at radius 3 is 2.53 bits per heavy atom. The van der Waals surface area contributed by atoms with Gasteiger partial charge in [0.2, 0.25) is 0 Å². The van der Waals surface area contributed by atoms with E-state index in [1.54, 1.807) is 14.0 Å². The molecular weight excluding hydrogens is 192 g/mol. The summed E-state index contributed by atoms with van der Waals surface area (Å²) in [5.74, 6) is 1.83. The summed E-state index contributed by atoms with van der Waals surface area (Å²) in [6.07, 6.45) is 0.659. The molecule has 1 atom stereocenters. The topological polar surface area (TPSA) is 61.3 Å². The first kappa shape index (κ1) is 11.8. The highest BCUT2D eigenvalue weighted by Gasteiger charge is 2.35. The Labute approximate surface area is 90.1 Å². The molecule has 4 heteroatoms. The highest BCUT2D eigenvalue weighted by molar-refractivity contribution is 5.27. The maximum absolute atomic E-state index is 6.24. The average Bonchev–Trinajstić information content (AvgIpc) is 2.55. The smallest absolute Gasteiger partial charge is 0.191 e. The number of aromatic nitrogens is 1. The Balaban J connectivity index is 3.22. The van der Waals surface area contributed by atoms with Gasteiger partial charge in [-0.1, -0.05) is 13.5 Å². The molecule has 1 unspecified atom stereocenters. The molecule has 0 amide bonds. The summed E-state index contributed by atoms with van der Waals surface area (Å²) >= 11 is 0. The van der Waals surface area contributed by atoms with Crippen LogP contribution in [-0.4, -0.2) is 12.1 Å². The van der Waals surface area contributed by atoms with Crippen LogP contribution in [0.4, 0.5) is 0 Å². The van der Waals surface area contributed by atoms with Crippen LogP contribution < -0.4 is 5.73 Å². The molecule has 0 aliphatic heterocycles. The summed E-state index contributed by atoms with van der Waals surface area (Å²) in [5, 5.41) is 0. The van der Waals surface area contributed by atoms with E-state index in [0.29, 0.717) is 23.8 Å². The molecule has 1 rings (SSSR count). The Bertz CT molecular complexity index is 371.